The number of benzene rings is 1. The number of halogens is 2. The van der Waals surface area contributed by atoms with Crippen LogP contribution in [-0.2, 0) is 9.59 Å². The molecule has 0 saturated heterocycles. The number of carbonyl (C=O) groups is 2. The lowest BCUT2D eigenvalue weighted by atomic mass is 10.0. The maximum atomic E-state index is 13.3. The van der Waals surface area contributed by atoms with Crippen LogP contribution in [0.15, 0.2) is 23.1 Å². The molecule has 164 valence electrons. The highest BCUT2D eigenvalue weighted by Gasteiger charge is 2.25. The molecule has 1 N–H and O–H groups in total. The van der Waals surface area contributed by atoms with Gasteiger partial charge in [0.15, 0.2) is 0 Å². The predicted octanol–water partition coefficient (Wildman–Crippen LogP) is 6.78. The van der Waals surface area contributed by atoms with E-state index in [1.54, 1.807) is 6.07 Å². The topological polar surface area (TPSA) is 57.6 Å². The third-order valence-electron chi connectivity index (χ3n) is 4.72. The Labute approximate surface area is 189 Å². The van der Waals surface area contributed by atoms with Crippen LogP contribution >= 0.6 is 35.0 Å². The maximum Gasteiger partial charge on any atom is 0.303 e. The van der Waals surface area contributed by atoms with Crippen LogP contribution in [0.5, 0.6) is 0 Å². The van der Waals surface area contributed by atoms with Crippen molar-refractivity contribution in [2.45, 2.75) is 70.1 Å². The lowest BCUT2D eigenvalue weighted by Crippen LogP contribution is -2.39. The Morgan fingerprint density at radius 3 is 2.03 bits per heavy atom. The molecule has 29 heavy (non-hydrogen) atoms. The number of carbonyl (C=O) groups excluding carboxylic acids is 1. The monoisotopic (exact) mass is 461 g/mol. The van der Waals surface area contributed by atoms with Crippen LogP contribution in [0.2, 0.25) is 10.0 Å². The van der Waals surface area contributed by atoms with Gasteiger partial charge in [0, 0.05) is 46.1 Å². The van der Waals surface area contributed by atoms with E-state index in [1.807, 2.05) is 17.0 Å². The van der Waals surface area contributed by atoms with Gasteiger partial charge in [-0.25, -0.2) is 0 Å². The van der Waals surface area contributed by atoms with E-state index in [9.17, 15) is 9.59 Å². The minimum atomic E-state index is -0.873. The van der Waals surface area contributed by atoms with Gasteiger partial charge in [-0.3, -0.25) is 9.59 Å². The number of carboxylic acids is 1. The third-order valence-corrected chi connectivity index (χ3v) is 6.29. The summed E-state index contributed by atoms with van der Waals surface area (Å²) >= 11 is 13.6. The summed E-state index contributed by atoms with van der Waals surface area (Å²) in [7, 11) is 0. The summed E-state index contributed by atoms with van der Waals surface area (Å²) in [4.78, 5) is 27.2. The fourth-order valence-corrected chi connectivity index (χ4v) is 4.86. The first-order valence-electron chi connectivity index (χ1n) is 10.5. The number of rotatable bonds is 15. The number of aliphatic carboxylic acids is 1. The largest absolute Gasteiger partial charge is 0.481 e. The smallest absolute Gasteiger partial charge is 0.303 e. The van der Waals surface area contributed by atoms with Crippen LogP contribution in [0, 0.1) is 5.92 Å². The number of nitrogens with zero attached hydrogens (tertiary/aromatic N) is 1. The number of carboxylic acid groups (broad SMARTS) is 1. The maximum absolute atomic E-state index is 13.3. The van der Waals surface area contributed by atoms with Gasteiger partial charge in [0.2, 0.25) is 5.91 Å². The molecule has 4 nitrogen and oxygen atoms in total. The first kappa shape index (κ1) is 26.1. The fourth-order valence-electron chi connectivity index (χ4n) is 3.08. The molecule has 1 aromatic rings. The molecule has 1 atom stereocenters. The van der Waals surface area contributed by atoms with Crippen molar-refractivity contribution in [1.29, 1.82) is 0 Å². The Hall–Kier alpha value is -0.910. The lowest BCUT2D eigenvalue weighted by molar-refractivity contribution is -0.138. The molecule has 7 heteroatoms. The van der Waals surface area contributed by atoms with E-state index < -0.39 is 5.97 Å². The number of hydrogen-bond acceptors (Lipinski definition) is 3. The van der Waals surface area contributed by atoms with E-state index in [2.05, 4.69) is 13.8 Å². The molecule has 0 radical (unpaired) electrons. The van der Waals surface area contributed by atoms with Crippen molar-refractivity contribution in [3.05, 3.63) is 28.2 Å². The average molecular weight is 462 g/mol. The second-order valence-electron chi connectivity index (χ2n) is 7.28. The van der Waals surface area contributed by atoms with E-state index in [0.717, 1.165) is 56.5 Å². The Morgan fingerprint density at radius 2 is 1.55 bits per heavy atom. The van der Waals surface area contributed by atoms with Gasteiger partial charge in [-0.15, -0.1) is 11.8 Å². The van der Waals surface area contributed by atoms with Crippen LogP contribution < -0.4 is 0 Å². The summed E-state index contributed by atoms with van der Waals surface area (Å²) in [6, 6.07) is 5.30. The first-order chi connectivity index (χ1) is 13.9. The van der Waals surface area contributed by atoms with Crippen molar-refractivity contribution in [3.63, 3.8) is 0 Å². The van der Waals surface area contributed by atoms with Crippen LogP contribution in [0.4, 0.5) is 0 Å². The SMILES string of the molecule is CCCCCN(CCCCC)C(=O)C(CCC(=O)O)CSc1cc(Cl)cc(Cl)c1. The van der Waals surface area contributed by atoms with Crippen molar-refractivity contribution < 1.29 is 14.7 Å². The van der Waals surface area contributed by atoms with Crippen molar-refractivity contribution >= 4 is 46.8 Å². The second-order valence-corrected chi connectivity index (χ2v) is 9.25. The van der Waals surface area contributed by atoms with E-state index in [1.165, 1.54) is 11.8 Å². The summed E-state index contributed by atoms with van der Waals surface area (Å²) < 4.78 is 0. The molecule has 0 saturated carbocycles. The number of unbranched alkanes of at least 4 members (excludes halogenated alkanes) is 4. The number of hydrogen-bond donors (Lipinski definition) is 1. The molecular formula is C22H33Cl2NO3S. The predicted molar refractivity (Wildman–Crippen MR) is 123 cm³/mol. The summed E-state index contributed by atoms with van der Waals surface area (Å²) in [5.41, 5.74) is 0. The molecule has 1 amide bonds. The Bertz CT molecular complexity index is 612. The zero-order chi connectivity index (χ0) is 21.6. The van der Waals surface area contributed by atoms with Crippen molar-refractivity contribution in [2.75, 3.05) is 18.8 Å². The number of thioether (sulfide) groups is 1. The second kappa shape index (κ2) is 15.0. The van der Waals surface area contributed by atoms with Crippen LogP contribution in [0.3, 0.4) is 0 Å². The van der Waals surface area contributed by atoms with Crippen LogP contribution in [-0.4, -0.2) is 40.7 Å². The first-order valence-corrected chi connectivity index (χ1v) is 12.2. The highest BCUT2D eigenvalue weighted by Crippen LogP contribution is 2.29. The summed E-state index contributed by atoms with van der Waals surface area (Å²) in [5.74, 6) is -0.626. The highest BCUT2D eigenvalue weighted by molar-refractivity contribution is 7.99. The summed E-state index contributed by atoms with van der Waals surface area (Å²) in [6.45, 7) is 5.78. The fraction of sp³-hybridized carbons (Fsp3) is 0.636. The van der Waals surface area contributed by atoms with Crippen molar-refractivity contribution in [3.8, 4) is 0 Å². The number of amides is 1. The quantitative estimate of drug-likeness (QED) is 0.231. The van der Waals surface area contributed by atoms with Gasteiger partial charge in [-0.1, -0.05) is 62.7 Å². The molecule has 1 unspecified atom stereocenters. The Morgan fingerprint density at radius 1 is 1.00 bits per heavy atom. The molecule has 0 aromatic heterocycles. The van der Waals surface area contributed by atoms with Gasteiger partial charge < -0.3 is 10.0 Å². The molecule has 0 fully saturated rings. The van der Waals surface area contributed by atoms with Gasteiger partial charge in [0.1, 0.15) is 0 Å². The average Bonchev–Trinajstić information content (AvgIpc) is 2.65. The van der Waals surface area contributed by atoms with Crippen LogP contribution in [0.1, 0.15) is 65.2 Å². The third kappa shape index (κ3) is 11.2. The van der Waals surface area contributed by atoms with Gasteiger partial charge in [0.25, 0.3) is 0 Å². The van der Waals surface area contributed by atoms with E-state index in [4.69, 9.17) is 28.3 Å². The molecule has 0 spiro atoms. The van der Waals surface area contributed by atoms with Crippen molar-refractivity contribution in [2.24, 2.45) is 5.92 Å². The van der Waals surface area contributed by atoms with E-state index >= 15 is 0 Å². The summed E-state index contributed by atoms with van der Waals surface area (Å²) in [5, 5.41) is 10.2. The zero-order valence-electron chi connectivity index (χ0n) is 17.5. The van der Waals surface area contributed by atoms with Gasteiger partial charge in [0.05, 0.1) is 0 Å². The molecule has 1 aromatic carbocycles. The standard InChI is InChI=1S/C22H33Cl2NO3S/c1-3-5-7-11-25(12-8-6-4-2)22(28)17(9-10-21(26)27)16-29-20-14-18(23)13-19(24)15-20/h13-15,17H,3-12,16H2,1-2H3,(H,26,27). The molecular weight excluding hydrogens is 429 g/mol. The van der Waals surface area contributed by atoms with E-state index in [-0.39, 0.29) is 18.2 Å². The normalized spacial score (nSPS) is 12.0. The minimum absolute atomic E-state index is 0.00890. The minimum Gasteiger partial charge on any atom is -0.481 e. The van der Waals surface area contributed by atoms with Gasteiger partial charge in [-0.2, -0.15) is 0 Å². The Kier molecular flexibility index (Phi) is 13.5. The molecule has 0 heterocycles. The molecule has 1 rings (SSSR count). The molecule has 0 bridgehead atoms. The molecule has 0 aliphatic heterocycles. The van der Waals surface area contributed by atoms with Crippen LogP contribution in [0.25, 0.3) is 0 Å². The van der Waals surface area contributed by atoms with E-state index in [0.29, 0.717) is 22.2 Å². The Balaban J connectivity index is 2.85. The lowest BCUT2D eigenvalue weighted by Gasteiger charge is -2.27. The van der Waals surface area contributed by atoms with Gasteiger partial charge in [-0.05, 0) is 37.5 Å². The zero-order valence-corrected chi connectivity index (χ0v) is 19.8. The molecule has 0 aliphatic carbocycles. The van der Waals surface area contributed by atoms with Crippen molar-refractivity contribution in [1.82, 2.24) is 4.90 Å². The van der Waals surface area contributed by atoms with Gasteiger partial charge >= 0.3 is 5.97 Å². The highest BCUT2D eigenvalue weighted by atomic mass is 35.5. The molecule has 0 aliphatic rings. The summed E-state index contributed by atoms with van der Waals surface area (Å²) in [6.07, 6.45) is 6.68.